The van der Waals surface area contributed by atoms with Gasteiger partial charge in [0.05, 0.1) is 33.9 Å². The van der Waals surface area contributed by atoms with E-state index < -0.39 is 24.3 Å². The van der Waals surface area contributed by atoms with Crippen LogP contribution in [-0.2, 0) is 9.39 Å². The van der Waals surface area contributed by atoms with E-state index in [0.717, 1.165) is 0 Å². The van der Waals surface area contributed by atoms with E-state index in [1.807, 2.05) is 0 Å². The topological polar surface area (TPSA) is 76.0 Å². The van der Waals surface area contributed by atoms with Crippen molar-refractivity contribution in [3.63, 3.8) is 0 Å². The van der Waals surface area contributed by atoms with Crippen molar-refractivity contribution in [3.05, 3.63) is 27.7 Å². The number of ether oxygens (including phenoxy) is 1. The van der Waals surface area contributed by atoms with E-state index in [1.54, 1.807) is 27.7 Å². The molecule has 5 nitrogen and oxygen atoms in total. The van der Waals surface area contributed by atoms with E-state index >= 15 is 0 Å². The van der Waals surface area contributed by atoms with E-state index in [4.69, 9.17) is 27.9 Å². The lowest BCUT2D eigenvalue weighted by Gasteiger charge is -2.38. The van der Waals surface area contributed by atoms with Crippen molar-refractivity contribution in [3.8, 4) is 0 Å². The Morgan fingerprint density at radius 1 is 1.18 bits per heavy atom. The van der Waals surface area contributed by atoms with Crippen LogP contribution in [0.25, 0.3) is 0 Å². The fourth-order valence-electron chi connectivity index (χ4n) is 1.52. The Kier molecular flexibility index (Phi) is 5.92. The predicted molar refractivity (Wildman–Crippen MR) is 86.9 cm³/mol. The molecule has 1 aromatic carbocycles. The van der Waals surface area contributed by atoms with Gasteiger partial charge in [0.25, 0.3) is 0 Å². The quantitative estimate of drug-likeness (QED) is 0.629. The van der Waals surface area contributed by atoms with E-state index in [0.29, 0.717) is 0 Å². The van der Waals surface area contributed by atoms with Crippen LogP contribution in [0.15, 0.2) is 12.1 Å². The molecule has 0 saturated carbocycles. The van der Waals surface area contributed by atoms with Gasteiger partial charge in [0.1, 0.15) is 0 Å². The monoisotopic (exact) mass is 348 g/mol. The second-order valence-corrected chi connectivity index (χ2v) is 6.71. The number of carbonyl (C=O) groups excluding carboxylic acids is 1. The summed E-state index contributed by atoms with van der Waals surface area (Å²) in [6, 6.07) is 2.73. The summed E-state index contributed by atoms with van der Waals surface area (Å²) in [6.07, 6.45) is 0. The van der Waals surface area contributed by atoms with Crippen molar-refractivity contribution in [1.29, 1.82) is 0 Å². The van der Waals surface area contributed by atoms with Gasteiger partial charge in [0.15, 0.2) is 0 Å². The summed E-state index contributed by atoms with van der Waals surface area (Å²) in [7, 11) is -0.157. The van der Waals surface area contributed by atoms with E-state index in [1.165, 1.54) is 19.2 Å². The molecular weight excluding hydrogens is 330 g/mol. The molecule has 8 heteroatoms. The van der Waals surface area contributed by atoms with Crippen LogP contribution in [0.5, 0.6) is 0 Å². The Morgan fingerprint density at radius 3 is 2.00 bits per heavy atom. The van der Waals surface area contributed by atoms with Crippen molar-refractivity contribution in [2.75, 3.05) is 7.11 Å². The first kappa shape index (κ1) is 19.3. The molecule has 0 aliphatic carbocycles. The number of carbonyl (C=O) groups is 1. The molecule has 0 radical (unpaired) electrons. The lowest BCUT2D eigenvalue weighted by atomic mass is 9.76. The third-order valence-electron chi connectivity index (χ3n) is 3.62. The van der Waals surface area contributed by atoms with Crippen LogP contribution in [0.4, 0.5) is 0 Å². The molecule has 0 fully saturated rings. The fraction of sp³-hybridized carbons (Fsp3) is 0.500. The zero-order valence-corrected chi connectivity index (χ0v) is 14.6. The SMILES string of the molecule is COC(=O)c1c(Cl)cc(B(O)OC(C)(C)C(C)(C)O)cc1Cl. The van der Waals surface area contributed by atoms with Crippen LogP contribution in [0, 0.1) is 0 Å². The Bertz CT molecular complexity index is 546. The van der Waals surface area contributed by atoms with Gasteiger partial charge in [0, 0.05) is 0 Å². The van der Waals surface area contributed by atoms with Crippen LogP contribution in [-0.4, -0.2) is 41.5 Å². The molecule has 2 N–H and O–H groups in total. The number of hydrogen-bond donors (Lipinski definition) is 2. The number of esters is 1. The highest BCUT2D eigenvalue weighted by atomic mass is 35.5. The Balaban J connectivity index is 3.11. The Morgan fingerprint density at radius 2 is 1.64 bits per heavy atom. The summed E-state index contributed by atoms with van der Waals surface area (Å²) in [4.78, 5) is 11.6. The minimum atomic E-state index is -1.37. The number of hydrogen-bond acceptors (Lipinski definition) is 5. The number of halogens is 2. The largest absolute Gasteiger partial charge is 0.491 e. The number of benzene rings is 1. The van der Waals surface area contributed by atoms with Gasteiger partial charge in [0.2, 0.25) is 0 Å². The summed E-state index contributed by atoms with van der Waals surface area (Å²) in [5.74, 6) is -0.672. The second-order valence-electron chi connectivity index (χ2n) is 5.89. The molecule has 0 heterocycles. The van der Waals surface area contributed by atoms with Gasteiger partial charge < -0.3 is 19.5 Å². The molecule has 0 spiro atoms. The second kappa shape index (κ2) is 6.77. The first-order valence-corrected chi connectivity index (χ1v) is 7.32. The van der Waals surface area contributed by atoms with Crippen molar-refractivity contribution >= 4 is 41.8 Å². The van der Waals surface area contributed by atoms with Crippen LogP contribution in [0.2, 0.25) is 10.0 Å². The molecule has 0 aliphatic rings. The average Bonchev–Trinajstić information content (AvgIpc) is 2.35. The summed E-state index contributed by atoms with van der Waals surface area (Å²) < 4.78 is 10.1. The Hall–Kier alpha value is -0.785. The lowest BCUT2D eigenvalue weighted by Crippen LogP contribution is -2.53. The lowest BCUT2D eigenvalue weighted by molar-refractivity contribution is -0.0982. The molecule has 0 aliphatic heterocycles. The van der Waals surface area contributed by atoms with Gasteiger partial charge in [-0.3, -0.25) is 0 Å². The molecule has 0 bridgehead atoms. The van der Waals surface area contributed by atoms with Gasteiger partial charge in [-0.15, -0.1) is 0 Å². The Labute approximate surface area is 140 Å². The molecule has 22 heavy (non-hydrogen) atoms. The minimum absolute atomic E-state index is 0.0172. The van der Waals surface area contributed by atoms with Crippen molar-refractivity contribution in [2.24, 2.45) is 0 Å². The van der Waals surface area contributed by atoms with Crippen molar-refractivity contribution in [1.82, 2.24) is 0 Å². The molecule has 0 aromatic heterocycles. The molecule has 0 amide bonds. The van der Waals surface area contributed by atoms with Gasteiger partial charge in [-0.1, -0.05) is 23.2 Å². The smallest absolute Gasteiger partial charge is 0.465 e. The summed E-state index contributed by atoms with van der Waals surface area (Å²) in [5, 5.41) is 20.3. The maximum Gasteiger partial charge on any atom is 0.491 e. The van der Waals surface area contributed by atoms with Crippen LogP contribution < -0.4 is 5.46 Å². The van der Waals surface area contributed by atoms with Crippen molar-refractivity contribution < 1.29 is 24.3 Å². The van der Waals surface area contributed by atoms with Gasteiger partial charge in [-0.25, -0.2) is 4.79 Å². The highest BCUT2D eigenvalue weighted by Gasteiger charge is 2.39. The molecule has 0 saturated heterocycles. The van der Waals surface area contributed by atoms with Crippen LogP contribution in [0.1, 0.15) is 38.1 Å². The maximum absolute atomic E-state index is 11.6. The van der Waals surface area contributed by atoms with Crippen LogP contribution >= 0.6 is 23.2 Å². The summed E-state index contributed by atoms with van der Waals surface area (Å²) in [6.45, 7) is 6.42. The molecule has 0 unspecified atom stereocenters. The molecule has 122 valence electrons. The molecule has 1 aromatic rings. The van der Waals surface area contributed by atoms with Crippen LogP contribution in [0.3, 0.4) is 0 Å². The molecular formula is C14H19BCl2O5. The first-order chi connectivity index (χ1) is 9.90. The molecule has 1 rings (SSSR count). The average molecular weight is 349 g/mol. The third-order valence-corrected chi connectivity index (χ3v) is 4.21. The van der Waals surface area contributed by atoms with E-state index in [-0.39, 0.29) is 21.1 Å². The fourth-order valence-corrected chi connectivity index (χ4v) is 2.18. The zero-order valence-electron chi connectivity index (χ0n) is 13.1. The number of aliphatic hydroxyl groups is 1. The van der Waals surface area contributed by atoms with Gasteiger partial charge in [-0.05, 0) is 45.3 Å². The van der Waals surface area contributed by atoms with E-state index in [9.17, 15) is 14.9 Å². The first-order valence-electron chi connectivity index (χ1n) is 6.56. The van der Waals surface area contributed by atoms with E-state index in [2.05, 4.69) is 4.74 Å². The number of methoxy groups -OCH3 is 1. The highest BCUT2D eigenvalue weighted by molar-refractivity contribution is 6.61. The summed E-state index contributed by atoms with van der Waals surface area (Å²) >= 11 is 12.0. The van der Waals surface area contributed by atoms with Gasteiger partial charge in [-0.2, -0.15) is 0 Å². The predicted octanol–water partition coefficient (Wildman–Crippen LogP) is 2.03. The van der Waals surface area contributed by atoms with Crippen molar-refractivity contribution in [2.45, 2.75) is 38.9 Å². The zero-order chi connectivity index (χ0) is 17.3. The maximum atomic E-state index is 11.6. The standard InChI is InChI=1S/C14H19BCl2O5/c1-13(2,19)14(3,4)22-15(20)8-6-9(16)11(10(17)7-8)12(18)21-5/h6-7,19-20H,1-5H3. The normalized spacial score (nSPS) is 12.2. The molecule has 0 atom stereocenters. The third kappa shape index (κ3) is 4.15. The van der Waals surface area contributed by atoms with Gasteiger partial charge >= 0.3 is 13.1 Å². The summed E-state index contributed by atoms with van der Waals surface area (Å²) in [5.41, 5.74) is -1.94. The highest BCUT2D eigenvalue weighted by Crippen LogP contribution is 2.27. The number of rotatable bonds is 5. The minimum Gasteiger partial charge on any atom is -0.465 e.